The maximum atomic E-state index is 11.7. The summed E-state index contributed by atoms with van der Waals surface area (Å²) in [7, 11) is 1.57. The first-order valence-electron chi connectivity index (χ1n) is 6.26. The highest BCUT2D eigenvalue weighted by Crippen LogP contribution is 2.25. The van der Waals surface area contributed by atoms with Gasteiger partial charge >= 0.3 is 0 Å². The lowest BCUT2D eigenvalue weighted by molar-refractivity contribution is -0.127. The monoisotopic (exact) mass is 267 g/mol. The molecule has 1 aromatic rings. The van der Waals surface area contributed by atoms with Crippen molar-refractivity contribution in [2.75, 3.05) is 20.3 Å². The Morgan fingerprint density at radius 2 is 2.05 bits per heavy atom. The summed E-state index contributed by atoms with van der Waals surface area (Å²) in [5.41, 5.74) is 0.666. The van der Waals surface area contributed by atoms with Gasteiger partial charge in [0.15, 0.2) is 6.10 Å². The molecule has 1 aromatic carbocycles. The lowest BCUT2D eigenvalue weighted by Crippen LogP contribution is -2.38. The van der Waals surface area contributed by atoms with Crippen LogP contribution in [0.25, 0.3) is 0 Å². The average molecular weight is 267 g/mol. The van der Waals surface area contributed by atoms with Crippen LogP contribution in [0.1, 0.15) is 25.5 Å². The van der Waals surface area contributed by atoms with Gasteiger partial charge in [-0.1, -0.05) is 18.2 Å². The molecular formula is C14H21NO4. The van der Waals surface area contributed by atoms with Crippen LogP contribution in [0.3, 0.4) is 0 Å². The van der Waals surface area contributed by atoms with Gasteiger partial charge in [-0.25, -0.2) is 0 Å². The number of para-hydroxylation sites is 1. The summed E-state index contributed by atoms with van der Waals surface area (Å²) in [4.78, 5) is 11.7. The number of amides is 1. The fraction of sp³-hybridized carbons (Fsp3) is 0.500. The van der Waals surface area contributed by atoms with E-state index in [1.54, 1.807) is 39.2 Å². The third-order valence-corrected chi connectivity index (χ3v) is 2.65. The number of hydrogen-bond donors (Lipinski definition) is 2. The first-order valence-corrected chi connectivity index (χ1v) is 6.26. The maximum absolute atomic E-state index is 11.7. The Morgan fingerprint density at radius 3 is 2.68 bits per heavy atom. The number of aliphatic hydroxyl groups excluding tert-OH is 1. The Kier molecular flexibility index (Phi) is 6.32. The van der Waals surface area contributed by atoms with E-state index in [2.05, 4.69) is 5.32 Å². The van der Waals surface area contributed by atoms with E-state index in [9.17, 15) is 9.90 Å². The summed E-state index contributed by atoms with van der Waals surface area (Å²) in [6.07, 6.45) is -1.27. The highest BCUT2D eigenvalue weighted by atomic mass is 16.5. The normalized spacial score (nSPS) is 13.7. The van der Waals surface area contributed by atoms with Gasteiger partial charge in [0.1, 0.15) is 5.75 Å². The van der Waals surface area contributed by atoms with E-state index in [4.69, 9.17) is 9.47 Å². The zero-order valence-corrected chi connectivity index (χ0v) is 11.6. The number of aliphatic hydroxyl groups is 1. The predicted molar refractivity (Wildman–Crippen MR) is 72.1 cm³/mol. The van der Waals surface area contributed by atoms with Gasteiger partial charge in [-0.2, -0.15) is 0 Å². The first kappa shape index (κ1) is 15.5. The van der Waals surface area contributed by atoms with Crippen molar-refractivity contribution in [3.8, 4) is 5.75 Å². The van der Waals surface area contributed by atoms with E-state index in [0.717, 1.165) is 0 Å². The molecule has 2 unspecified atom stereocenters. The molecule has 0 saturated heterocycles. The highest BCUT2D eigenvalue weighted by molar-refractivity contribution is 5.80. The van der Waals surface area contributed by atoms with E-state index in [-0.39, 0.29) is 5.91 Å². The number of carbonyl (C=O) groups excluding carboxylic acids is 1. The largest absolute Gasteiger partial charge is 0.481 e. The van der Waals surface area contributed by atoms with Crippen LogP contribution < -0.4 is 10.1 Å². The Bertz CT molecular complexity index is 406. The molecule has 0 spiro atoms. The summed E-state index contributed by atoms with van der Waals surface area (Å²) in [6, 6.07) is 7.13. The zero-order chi connectivity index (χ0) is 14.3. The third-order valence-electron chi connectivity index (χ3n) is 2.65. The van der Waals surface area contributed by atoms with Crippen molar-refractivity contribution < 1.29 is 19.4 Å². The lowest BCUT2D eigenvalue weighted by Gasteiger charge is -2.18. The molecule has 0 aliphatic carbocycles. The molecule has 0 aromatic heterocycles. The molecule has 1 amide bonds. The molecule has 2 N–H and O–H groups in total. The summed E-state index contributed by atoms with van der Waals surface area (Å²) in [5.74, 6) is 0.310. The van der Waals surface area contributed by atoms with Crippen LogP contribution in [0.15, 0.2) is 24.3 Å². The minimum atomic E-state index is -0.639. The molecule has 2 atom stereocenters. The number of rotatable bonds is 7. The molecule has 0 radical (unpaired) electrons. The lowest BCUT2D eigenvalue weighted by atomic mass is 10.1. The van der Waals surface area contributed by atoms with E-state index in [0.29, 0.717) is 24.5 Å². The number of methoxy groups -OCH3 is 1. The second kappa shape index (κ2) is 7.76. The molecule has 5 nitrogen and oxygen atoms in total. The number of hydrogen-bond acceptors (Lipinski definition) is 4. The van der Waals surface area contributed by atoms with Crippen LogP contribution in [0.5, 0.6) is 5.75 Å². The maximum Gasteiger partial charge on any atom is 0.260 e. The fourth-order valence-electron chi connectivity index (χ4n) is 1.60. The summed E-state index contributed by atoms with van der Waals surface area (Å²) in [5, 5.41) is 12.3. The topological polar surface area (TPSA) is 67.8 Å². The molecule has 1 rings (SSSR count). The van der Waals surface area contributed by atoms with Gasteiger partial charge < -0.3 is 19.9 Å². The number of carbonyl (C=O) groups is 1. The van der Waals surface area contributed by atoms with Crippen molar-refractivity contribution in [3.05, 3.63) is 29.8 Å². The Hall–Kier alpha value is -1.59. The van der Waals surface area contributed by atoms with E-state index < -0.39 is 12.2 Å². The van der Waals surface area contributed by atoms with Crippen molar-refractivity contribution in [1.82, 2.24) is 5.32 Å². The third kappa shape index (κ3) is 4.89. The van der Waals surface area contributed by atoms with E-state index in [1.165, 1.54) is 0 Å². The van der Waals surface area contributed by atoms with Gasteiger partial charge in [0.05, 0.1) is 12.7 Å². The van der Waals surface area contributed by atoms with Crippen molar-refractivity contribution >= 4 is 5.91 Å². The average Bonchev–Trinajstić information content (AvgIpc) is 2.39. The second-order valence-electron chi connectivity index (χ2n) is 4.26. The fourth-order valence-corrected chi connectivity index (χ4v) is 1.60. The van der Waals surface area contributed by atoms with Gasteiger partial charge in [0.2, 0.25) is 0 Å². The number of benzene rings is 1. The second-order valence-corrected chi connectivity index (χ2v) is 4.26. The molecule has 5 heteroatoms. The number of nitrogens with one attached hydrogen (secondary N) is 1. The van der Waals surface area contributed by atoms with Gasteiger partial charge in [0.25, 0.3) is 5.91 Å². The Labute approximate surface area is 113 Å². The van der Waals surface area contributed by atoms with E-state index in [1.807, 2.05) is 6.07 Å². The summed E-state index contributed by atoms with van der Waals surface area (Å²) >= 11 is 0. The molecule has 0 heterocycles. The molecular weight excluding hydrogens is 246 g/mol. The summed E-state index contributed by atoms with van der Waals surface area (Å²) in [6.45, 7) is 4.23. The van der Waals surface area contributed by atoms with Gasteiger partial charge in [0, 0.05) is 19.2 Å². The standard InChI is InChI=1S/C14H21NO4/c1-10(16)12-6-4-5-7-13(12)19-11(2)14(17)15-8-9-18-3/h4-7,10-11,16H,8-9H2,1-3H3,(H,15,17). The van der Waals surface area contributed by atoms with Crippen LogP contribution in [0.4, 0.5) is 0 Å². The van der Waals surface area contributed by atoms with Crippen LogP contribution >= 0.6 is 0 Å². The van der Waals surface area contributed by atoms with Gasteiger partial charge in [-0.05, 0) is 19.9 Å². The van der Waals surface area contributed by atoms with Gasteiger partial charge in [-0.3, -0.25) is 4.79 Å². The molecule has 19 heavy (non-hydrogen) atoms. The minimum absolute atomic E-state index is 0.211. The van der Waals surface area contributed by atoms with Gasteiger partial charge in [-0.15, -0.1) is 0 Å². The zero-order valence-electron chi connectivity index (χ0n) is 11.6. The number of ether oxygens (including phenoxy) is 2. The van der Waals surface area contributed by atoms with Crippen LogP contribution in [-0.4, -0.2) is 37.4 Å². The van der Waals surface area contributed by atoms with Crippen LogP contribution in [0, 0.1) is 0 Å². The summed E-state index contributed by atoms with van der Waals surface area (Å²) < 4.78 is 10.4. The van der Waals surface area contributed by atoms with Crippen molar-refractivity contribution in [3.63, 3.8) is 0 Å². The van der Waals surface area contributed by atoms with Crippen molar-refractivity contribution in [2.45, 2.75) is 26.1 Å². The minimum Gasteiger partial charge on any atom is -0.481 e. The van der Waals surface area contributed by atoms with Crippen LogP contribution in [0.2, 0.25) is 0 Å². The van der Waals surface area contributed by atoms with E-state index >= 15 is 0 Å². The molecule has 106 valence electrons. The molecule has 0 saturated carbocycles. The van der Waals surface area contributed by atoms with Crippen molar-refractivity contribution in [2.24, 2.45) is 0 Å². The van der Waals surface area contributed by atoms with Crippen molar-refractivity contribution in [1.29, 1.82) is 0 Å². The van der Waals surface area contributed by atoms with Crippen LogP contribution in [-0.2, 0) is 9.53 Å². The first-order chi connectivity index (χ1) is 9.06. The molecule has 0 aliphatic rings. The molecule has 0 fully saturated rings. The quantitative estimate of drug-likeness (QED) is 0.730. The molecule has 0 aliphatic heterocycles. The Morgan fingerprint density at radius 1 is 1.37 bits per heavy atom. The smallest absolute Gasteiger partial charge is 0.260 e. The molecule has 0 bridgehead atoms. The SMILES string of the molecule is COCCNC(=O)C(C)Oc1ccccc1C(C)O. The highest BCUT2D eigenvalue weighted by Gasteiger charge is 2.16. The Balaban J connectivity index is 2.61. The predicted octanol–water partition coefficient (Wildman–Crippen LogP) is 1.27.